The van der Waals surface area contributed by atoms with Crippen molar-refractivity contribution in [2.75, 3.05) is 26.9 Å². The molecule has 1 unspecified atom stereocenters. The molecular formula is C43H48BrN3O8. The molecule has 0 aliphatic carbocycles. The van der Waals surface area contributed by atoms with E-state index in [1.54, 1.807) is 65.6 Å². The molecule has 3 aliphatic rings. The second-order valence-corrected chi connectivity index (χ2v) is 15.4. The first kappa shape index (κ1) is 40.1. The fourth-order valence-electron chi connectivity index (χ4n) is 8.47. The molecule has 3 aromatic rings. The van der Waals surface area contributed by atoms with Gasteiger partial charge in [-0.05, 0) is 29.5 Å². The summed E-state index contributed by atoms with van der Waals surface area (Å²) in [7, 11) is 1.50. The first-order valence-corrected chi connectivity index (χ1v) is 19.5. The molecule has 0 radical (unpaired) electrons. The summed E-state index contributed by atoms with van der Waals surface area (Å²) in [4.78, 5) is 60.6. The van der Waals surface area contributed by atoms with E-state index in [0.29, 0.717) is 17.5 Å². The van der Waals surface area contributed by atoms with Crippen molar-refractivity contribution in [2.24, 2.45) is 11.8 Å². The highest BCUT2D eigenvalue weighted by molar-refractivity contribution is 9.09. The smallest absolute Gasteiger partial charge is 0.313 e. The van der Waals surface area contributed by atoms with Crippen LogP contribution in [0.5, 0.6) is 0 Å². The van der Waals surface area contributed by atoms with Gasteiger partial charge in [-0.2, -0.15) is 0 Å². The van der Waals surface area contributed by atoms with E-state index in [2.05, 4.69) is 34.4 Å². The zero-order valence-electron chi connectivity index (χ0n) is 30.9. The molecule has 3 amide bonds. The number of carbonyl (C=O) groups is 4. The van der Waals surface area contributed by atoms with Crippen LogP contribution in [0.15, 0.2) is 116 Å². The summed E-state index contributed by atoms with van der Waals surface area (Å²) < 4.78 is 18.7. The molecule has 1 spiro atoms. The van der Waals surface area contributed by atoms with Crippen LogP contribution in [0.2, 0.25) is 0 Å². The number of hydrogen-bond donors (Lipinski definition) is 2. The number of likely N-dealkylation sites (tertiary alicyclic amines) is 1. The van der Waals surface area contributed by atoms with Gasteiger partial charge in [0.15, 0.2) is 0 Å². The lowest BCUT2D eigenvalue weighted by atomic mass is 9.70. The van der Waals surface area contributed by atoms with Crippen LogP contribution in [0.25, 0.3) is 0 Å². The van der Waals surface area contributed by atoms with Gasteiger partial charge < -0.3 is 34.4 Å². The normalized spacial score (nSPS) is 25.4. The van der Waals surface area contributed by atoms with Crippen LogP contribution in [0.1, 0.15) is 48.1 Å². The largest absolute Gasteiger partial charge is 0.455 e. The summed E-state index contributed by atoms with van der Waals surface area (Å²) in [6.07, 6.45) is 2.41. The number of esters is 1. The molecule has 290 valence electrons. The van der Waals surface area contributed by atoms with Crippen molar-refractivity contribution in [1.82, 2.24) is 15.1 Å². The minimum atomic E-state index is -1.43. The molecule has 11 nitrogen and oxygen atoms in total. The minimum absolute atomic E-state index is 0.0325. The number of ether oxygens (including phenoxy) is 3. The molecule has 9 atom stereocenters. The molecule has 2 bridgehead atoms. The molecule has 3 heterocycles. The van der Waals surface area contributed by atoms with Crippen LogP contribution in [0.3, 0.4) is 0 Å². The van der Waals surface area contributed by atoms with Crippen LogP contribution in [0.4, 0.5) is 0 Å². The second-order valence-electron chi connectivity index (χ2n) is 14.2. The van der Waals surface area contributed by atoms with Gasteiger partial charge in [-0.1, -0.05) is 119 Å². The van der Waals surface area contributed by atoms with E-state index < -0.39 is 71.1 Å². The number of benzene rings is 3. The van der Waals surface area contributed by atoms with Crippen LogP contribution in [0, 0.1) is 11.8 Å². The quantitative estimate of drug-likeness (QED) is 0.103. The minimum Gasteiger partial charge on any atom is -0.455 e. The zero-order valence-corrected chi connectivity index (χ0v) is 32.5. The monoisotopic (exact) mass is 813 g/mol. The summed E-state index contributed by atoms with van der Waals surface area (Å²) in [5.74, 6) is -4.05. The number of allylic oxidation sites excluding steroid dienone is 1. The lowest BCUT2D eigenvalue weighted by Gasteiger charge is -2.39. The number of fused-ring (bicyclic) bond motifs is 1. The van der Waals surface area contributed by atoms with Crippen molar-refractivity contribution >= 4 is 39.6 Å². The number of nitrogens with zero attached hydrogens (tertiary/aromatic N) is 2. The van der Waals surface area contributed by atoms with Crippen molar-refractivity contribution in [3.63, 3.8) is 0 Å². The Morgan fingerprint density at radius 3 is 2.25 bits per heavy atom. The van der Waals surface area contributed by atoms with Gasteiger partial charge in [-0.25, -0.2) is 0 Å². The number of aliphatic hydroxyl groups is 1. The third kappa shape index (κ3) is 8.05. The van der Waals surface area contributed by atoms with Crippen molar-refractivity contribution in [1.29, 1.82) is 0 Å². The number of halogens is 1. The molecule has 2 N–H and O–H groups in total. The average molecular weight is 815 g/mol. The topological polar surface area (TPSA) is 135 Å². The Balaban J connectivity index is 1.40. The molecule has 3 aliphatic heterocycles. The van der Waals surface area contributed by atoms with Gasteiger partial charge in [-0.15, -0.1) is 13.2 Å². The third-order valence-corrected chi connectivity index (χ3v) is 11.7. The molecule has 0 saturated carbocycles. The number of nitrogens with one attached hydrogen (secondary N) is 1. The number of alkyl halides is 1. The average Bonchev–Trinajstić information content (AvgIpc) is 3.80. The van der Waals surface area contributed by atoms with Gasteiger partial charge in [0.1, 0.15) is 17.7 Å². The number of aliphatic hydroxyl groups excluding tert-OH is 1. The molecular weight excluding hydrogens is 766 g/mol. The summed E-state index contributed by atoms with van der Waals surface area (Å²) in [6, 6.07) is 24.7. The molecule has 55 heavy (non-hydrogen) atoms. The van der Waals surface area contributed by atoms with Crippen LogP contribution in [-0.4, -0.2) is 94.1 Å². The van der Waals surface area contributed by atoms with Gasteiger partial charge in [0.25, 0.3) is 0 Å². The second kappa shape index (κ2) is 17.9. The van der Waals surface area contributed by atoms with Gasteiger partial charge in [-0.3, -0.25) is 19.2 Å². The Hall–Kier alpha value is -4.62. The summed E-state index contributed by atoms with van der Waals surface area (Å²) in [5, 5.41) is 13.9. The van der Waals surface area contributed by atoms with E-state index >= 15 is 9.59 Å². The van der Waals surface area contributed by atoms with E-state index in [4.69, 9.17) is 14.2 Å². The molecule has 12 heteroatoms. The van der Waals surface area contributed by atoms with Crippen molar-refractivity contribution in [3.05, 3.63) is 133 Å². The SMILES string of the molecule is C=CCCC(=O)N[C@H](COC)[C@H](OC(=O)[C@@H]1[C@H]2O[C@@]3(CC2Br)[C@H](C(=O)N(CC=C)Cc2ccccc2)N([C@H](CO)c2ccccc2)C(=O)[C@@H]13)c1ccccc1. The lowest BCUT2D eigenvalue weighted by Crippen LogP contribution is -2.57. The van der Waals surface area contributed by atoms with Crippen molar-refractivity contribution in [2.45, 2.75) is 66.6 Å². The highest BCUT2D eigenvalue weighted by Gasteiger charge is 2.77. The molecule has 6 rings (SSSR count). The van der Waals surface area contributed by atoms with E-state index in [0.717, 1.165) is 5.56 Å². The molecule has 3 aromatic carbocycles. The predicted octanol–water partition coefficient (Wildman–Crippen LogP) is 5.06. The number of hydrogen-bond acceptors (Lipinski definition) is 8. The molecule has 0 aromatic heterocycles. The van der Waals surface area contributed by atoms with E-state index in [1.165, 1.54) is 12.0 Å². The van der Waals surface area contributed by atoms with Crippen LogP contribution < -0.4 is 5.32 Å². The predicted molar refractivity (Wildman–Crippen MR) is 209 cm³/mol. The maximum absolute atomic E-state index is 15.1. The zero-order chi connectivity index (χ0) is 39.1. The summed E-state index contributed by atoms with van der Waals surface area (Å²) in [6.45, 7) is 7.59. The first-order chi connectivity index (χ1) is 26.7. The Kier molecular flexibility index (Phi) is 13.0. The van der Waals surface area contributed by atoms with Gasteiger partial charge in [0.2, 0.25) is 17.7 Å². The van der Waals surface area contributed by atoms with Crippen molar-refractivity contribution in [3.8, 4) is 0 Å². The fraction of sp³-hybridized carbons (Fsp3) is 0.395. The third-order valence-electron chi connectivity index (χ3n) is 10.8. The van der Waals surface area contributed by atoms with E-state index in [9.17, 15) is 14.7 Å². The Bertz CT molecular complexity index is 1830. The summed E-state index contributed by atoms with van der Waals surface area (Å²) >= 11 is 3.76. The number of rotatable bonds is 18. The maximum Gasteiger partial charge on any atom is 0.313 e. The van der Waals surface area contributed by atoms with E-state index in [-0.39, 0.29) is 44.4 Å². The van der Waals surface area contributed by atoms with Crippen molar-refractivity contribution < 1.29 is 38.5 Å². The van der Waals surface area contributed by atoms with E-state index in [1.807, 2.05) is 42.5 Å². The highest BCUT2D eigenvalue weighted by Crippen LogP contribution is 2.61. The van der Waals surface area contributed by atoms with Crippen LogP contribution in [-0.2, 0) is 39.9 Å². The van der Waals surface area contributed by atoms with Gasteiger partial charge >= 0.3 is 5.97 Å². The number of amides is 3. The highest BCUT2D eigenvalue weighted by atomic mass is 79.9. The molecule has 3 saturated heterocycles. The Labute approximate surface area is 330 Å². The first-order valence-electron chi connectivity index (χ1n) is 18.6. The molecule has 3 fully saturated rings. The number of methoxy groups -OCH3 is 1. The number of carbonyl (C=O) groups excluding carboxylic acids is 4. The van der Waals surface area contributed by atoms with Crippen LogP contribution >= 0.6 is 15.9 Å². The Morgan fingerprint density at radius 2 is 1.65 bits per heavy atom. The fourth-order valence-corrected chi connectivity index (χ4v) is 9.41. The standard InChI is InChI=1S/C43H48BrN3O8/c1-4-6-22-34(49)45-32(27-53-3)37(30-20-14-9-15-21-30)54-42(52)35-36-40(50)47(33(26-48)29-18-12-8-13-19-29)39(43(36)24-31(44)38(35)55-43)41(51)46(23-5-2)25-28-16-10-7-11-17-28/h4-5,7-21,31-33,35-39,48H,1-2,6,22-27H2,3H3,(H,45,49)/t31?,32-,33-,35+,36-,37-,38+,39+,43-/m1/s1. The Morgan fingerprint density at radius 1 is 1.02 bits per heavy atom. The summed E-state index contributed by atoms with van der Waals surface area (Å²) in [5.41, 5.74) is 0.708. The van der Waals surface area contributed by atoms with Gasteiger partial charge in [0, 0.05) is 31.4 Å². The maximum atomic E-state index is 15.1. The lowest BCUT2D eigenvalue weighted by molar-refractivity contribution is -0.163. The van der Waals surface area contributed by atoms with Gasteiger partial charge in [0.05, 0.1) is 43.2 Å².